The number of pyridine rings is 1. The number of halogens is 4. The van der Waals surface area contributed by atoms with Gasteiger partial charge in [0, 0.05) is 50.5 Å². The molecule has 1 aliphatic heterocycles. The van der Waals surface area contributed by atoms with Crippen molar-refractivity contribution in [2.45, 2.75) is 50.4 Å². The number of benzene rings is 2. The number of carbonyl (C=O) groups excluding carboxylic acids is 2. The molecule has 0 atom stereocenters. The molecule has 0 saturated carbocycles. The highest BCUT2D eigenvalue weighted by atomic mass is 35.5. The van der Waals surface area contributed by atoms with Crippen LogP contribution in [0.4, 0.5) is 29.5 Å². The molecule has 1 aromatic heterocycles. The first-order chi connectivity index (χ1) is 22.5. The van der Waals surface area contributed by atoms with Gasteiger partial charge in [-0.3, -0.25) is 4.79 Å². The largest absolute Gasteiger partial charge is 0.444 e. The van der Waals surface area contributed by atoms with Crippen LogP contribution in [0.2, 0.25) is 5.15 Å². The van der Waals surface area contributed by atoms with E-state index in [2.05, 4.69) is 20.9 Å². The minimum Gasteiger partial charge on any atom is -0.444 e. The second-order valence-electron chi connectivity index (χ2n) is 12.0. The van der Waals surface area contributed by atoms with E-state index >= 15 is 0 Å². The minimum absolute atomic E-state index is 0.0138. The van der Waals surface area contributed by atoms with Gasteiger partial charge in [0.15, 0.2) is 0 Å². The van der Waals surface area contributed by atoms with E-state index in [1.165, 1.54) is 28.6 Å². The lowest BCUT2D eigenvalue weighted by atomic mass is 10.1. The number of alkyl carbamates (subject to hydrolysis) is 1. The molecule has 16 heteroatoms. The van der Waals surface area contributed by atoms with Gasteiger partial charge < -0.3 is 25.6 Å². The maximum atomic E-state index is 13.3. The molecule has 1 saturated heterocycles. The predicted molar refractivity (Wildman–Crippen MR) is 177 cm³/mol. The molecule has 2 amide bonds. The topological polar surface area (TPSA) is 133 Å². The van der Waals surface area contributed by atoms with Crippen LogP contribution in [0.5, 0.6) is 0 Å². The summed E-state index contributed by atoms with van der Waals surface area (Å²) in [5, 5.41) is 8.46. The predicted octanol–water partition coefficient (Wildman–Crippen LogP) is 5.52. The van der Waals surface area contributed by atoms with Gasteiger partial charge in [-0.1, -0.05) is 29.8 Å². The summed E-state index contributed by atoms with van der Waals surface area (Å²) in [6.07, 6.45) is -4.42. The zero-order chi connectivity index (χ0) is 35.1. The lowest BCUT2D eigenvalue weighted by Crippen LogP contribution is -2.49. The molecule has 0 bridgehead atoms. The van der Waals surface area contributed by atoms with Crippen molar-refractivity contribution in [1.29, 1.82) is 0 Å². The van der Waals surface area contributed by atoms with E-state index in [0.29, 0.717) is 37.3 Å². The standard InChI is InChI=1S/C32H38ClF3N6O5S/c1-31(2,3)47-30(44)38-14-6-13-37-21-22-7-4-5-8-26(22)29(43)39-24-9-11-25(12-10-24)48(45,46)42-17-15-41(16-18-42)28-20-23(32(34,35)36)19-27(33)40-28/h4-5,7-12,19-20,37H,6,13-18,21H2,1-3H3,(H,38,44)(H,39,43). The van der Waals surface area contributed by atoms with Crippen molar-refractivity contribution < 1.29 is 35.9 Å². The van der Waals surface area contributed by atoms with Crippen molar-refractivity contribution >= 4 is 45.1 Å². The molecule has 48 heavy (non-hydrogen) atoms. The van der Waals surface area contributed by atoms with Gasteiger partial charge >= 0.3 is 12.3 Å². The quantitative estimate of drug-likeness (QED) is 0.175. The van der Waals surface area contributed by atoms with Gasteiger partial charge in [-0.15, -0.1) is 0 Å². The fourth-order valence-electron chi connectivity index (χ4n) is 4.86. The molecular weight excluding hydrogens is 673 g/mol. The highest BCUT2D eigenvalue weighted by Crippen LogP contribution is 2.33. The van der Waals surface area contributed by atoms with Crippen molar-refractivity contribution in [2.75, 3.05) is 49.5 Å². The molecule has 2 aromatic carbocycles. The number of nitrogens with one attached hydrogen (secondary N) is 3. The van der Waals surface area contributed by atoms with E-state index < -0.39 is 33.5 Å². The van der Waals surface area contributed by atoms with Gasteiger partial charge in [0.25, 0.3) is 5.91 Å². The Morgan fingerprint density at radius 2 is 1.62 bits per heavy atom. The van der Waals surface area contributed by atoms with Crippen molar-refractivity contribution in [2.24, 2.45) is 0 Å². The number of nitrogens with zero attached hydrogens (tertiary/aromatic N) is 3. The van der Waals surface area contributed by atoms with Crippen LogP contribution in [0.25, 0.3) is 0 Å². The van der Waals surface area contributed by atoms with E-state index in [9.17, 15) is 31.2 Å². The number of anilines is 2. The third-order valence-electron chi connectivity index (χ3n) is 7.20. The fraction of sp³-hybridized carbons (Fsp3) is 0.406. The molecule has 0 aliphatic carbocycles. The van der Waals surface area contributed by atoms with E-state index in [1.54, 1.807) is 37.8 Å². The van der Waals surface area contributed by atoms with Crippen LogP contribution < -0.4 is 20.9 Å². The minimum atomic E-state index is -4.59. The highest BCUT2D eigenvalue weighted by molar-refractivity contribution is 7.89. The summed E-state index contributed by atoms with van der Waals surface area (Å²) < 4.78 is 72.8. The number of aromatic nitrogens is 1. The number of hydrogen-bond donors (Lipinski definition) is 3. The molecular formula is C32H38ClF3N6O5S. The van der Waals surface area contributed by atoms with Crippen LogP contribution in [0.15, 0.2) is 65.6 Å². The van der Waals surface area contributed by atoms with Crippen LogP contribution >= 0.6 is 11.6 Å². The van der Waals surface area contributed by atoms with Crippen LogP contribution in [-0.2, 0) is 27.5 Å². The fourth-order valence-corrected chi connectivity index (χ4v) is 6.49. The van der Waals surface area contributed by atoms with Gasteiger partial charge in [-0.05, 0) is 81.8 Å². The second kappa shape index (κ2) is 15.5. The maximum absolute atomic E-state index is 13.3. The molecule has 11 nitrogen and oxygen atoms in total. The molecule has 3 N–H and O–H groups in total. The van der Waals surface area contributed by atoms with Crippen molar-refractivity contribution in [1.82, 2.24) is 19.9 Å². The highest BCUT2D eigenvalue weighted by Gasteiger charge is 2.34. The smallest absolute Gasteiger partial charge is 0.416 e. The van der Waals surface area contributed by atoms with Crippen LogP contribution in [0.3, 0.4) is 0 Å². The van der Waals surface area contributed by atoms with Gasteiger partial charge in [0.1, 0.15) is 16.6 Å². The van der Waals surface area contributed by atoms with Crippen LogP contribution in [0.1, 0.15) is 48.7 Å². The lowest BCUT2D eigenvalue weighted by Gasteiger charge is -2.35. The van der Waals surface area contributed by atoms with E-state index in [-0.39, 0.29) is 48.0 Å². The third-order valence-corrected chi connectivity index (χ3v) is 9.30. The van der Waals surface area contributed by atoms with Gasteiger partial charge in [-0.2, -0.15) is 17.5 Å². The first-order valence-electron chi connectivity index (χ1n) is 15.2. The molecule has 1 aliphatic rings. The number of carbonyl (C=O) groups is 2. The van der Waals surface area contributed by atoms with E-state index in [0.717, 1.165) is 17.7 Å². The average Bonchev–Trinajstić information content (AvgIpc) is 3.01. The Hall–Kier alpha value is -3.92. The SMILES string of the molecule is CC(C)(C)OC(=O)NCCCNCc1ccccc1C(=O)Nc1ccc(S(=O)(=O)N2CCN(c3cc(C(F)(F)F)cc(Cl)n3)CC2)cc1. The Balaban J connectivity index is 1.29. The molecule has 3 aromatic rings. The third kappa shape index (κ3) is 10.3. The monoisotopic (exact) mass is 710 g/mol. The van der Waals surface area contributed by atoms with Crippen molar-refractivity contribution in [3.8, 4) is 0 Å². The molecule has 260 valence electrons. The summed E-state index contributed by atoms with van der Waals surface area (Å²) in [5.41, 5.74) is 0.105. The normalized spacial score (nSPS) is 14.4. The Morgan fingerprint density at radius 3 is 2.27 bits per heavy atom. The summed E-state index contributed by atoms with van der Waals surface area (Å²) in [6.45, 7) is 7.11. The summed E-state index contributed by atoms with van der Waals surface area (Å²) in [4.78, 5) is 30.4. The van der Waals surface area contributed by atoms with Gasteiger partial charge in [-0.25, -0.2) is 18.2 Å². The maximum Gasteiger partial charge on any atom is 0.416 e. The molecule has 2 heterocycles. The molecule has 4 rings (SSSR count). The summed E-state index contributed by atoms with van der Waals surface area (Å²) in [6, 6.07) is 14.5. The number of piperazine rings is 1. The average molecular weight is 711 g/mol. The Morgan fingerprint density at radius 1 is 0.958 bits per heavy atom. The molecule has 0 unspecified atom stereocenters. The number of amides is 2. The number of hydrogen-bond acceptors (Lipinski definition) is 8. The lowest BCUT2D eigenvalue weighted by molar-refractivity contribution is -0.137. The van der Waals surface area contributed by atoms with E-state index in [1.807, 2.05) is 12.1 Å². The molecule has 1 fully saturated rings. The number of rotatable bonds is 11. The van der Waals surface area contributed by atoms with Gasteiger partial charge in [0.05, 0.1) is 10.5 Å². The van der Waals surface area contributed by atoms with Crippen LogP contribution in [0, 0.1) is 0 Å². The van der Waals surface area contributed by atoms with Crippen molar-refractivity contribution in [3.05, 3.63) is 82.5 Å². The Kier molecular flexibility index (Phi) is 11.9. The second-order valence-corrected chi connectivity index (χ2v) is 14.3. The number of ether oxygens (including phenoxy) is 1. The molecule has 0 radical (unpaired) electrons. The van der Waals surface area contributed by atoms with E-state index in [4.69, 9.17) is 16.3 Å². The van der Waals surface area contributed by atoms with Gasteiger partial charge in [0.2, 0.25) is 10.0 Å². The zero-order valence-corrected chi connectivity index (χ0v) is 28.3. The zero-order valence-electron chi connectivity index (χ0n) is 26.7. The summed E-state index contributed by atoms with van der Waals surface area (Å²) in [5.74, 6) is -0.342. The Bertz CT molecular complexity index is 1690. The first-order valence-corrected chi connectivity index (χ1v) is 17.0. The summed E-state index contributed by atoms with van der Waals surface area (Å²) in [7, 11) is -3.91. The van der Waals surface area contributed by atoms with Crippen LogP contribution in [-0.4, -0.2) is 74.6 Å². The number of alkyl halides is 3. The summed E-state index contributed by atoms with van der Waals surface area (Å²) >= 11 is 5.81. The number of sulfonamides is 1. The Labute approximate surface area is 282 Å². The van der Waals surface area contributed by atoms with Crippen molar-refractivity contribution in [3.63, 3.8) is 0 Å². The first kappa shape index (κ1) is 36.9. The molecule has 0 spiro atoms.